The number of carbonyl (C=O) groups excluding carboxylic acids is 2. The molecule has 21 heavy (non-hydrogen) atoms. The molecule has 0 saturated heterocycles. The van der Waals surface area contributed by atoms with Crippen molar-refractivity contribution in [2.24, 2.45) is 0 Å². The third-order valence-electron chi connectivity index (χ3n) is 3.86. The lowest BCUT2D eigenvalue weighted by Gasteiger charge is -2.24. The molecule has 2 amide bonds. The molecular formula is C16H22N2O3. The van der Waals surface area contributed by atoms with Crippen molar-refractivity contribution in [3.63, 3.8) is 0 Å². The second-order valence-electron chi connectivity index (χ2n) is 5.36. The molecule has 0 aromatic heterocycles. The van der Waals surface area contributed by atoms with Gasteiger partial charge in [0, 0.05) is 13.1 Å². The van der Waals surface area contributed by atoms with Crippen LogP contribution in [-0.4, -0.2) is 36.5 Å². The number of alkyl carbamates (subject to hydrolysis) is 1. The van der Waals surface area contributed by atoms with Crippen molar-refractivity contribution in [2.75, 3.05) is 13.6 Å². The molecule has 0 bridgehead atoms. The van der Waals surface area contributed by atoms with Crippen LogP contribution in [0.4, 0.5) is 4.79 Å². The zero-order valence-corrected chi connectivity index (χ0v) is 12.4. The van der Waals surface area contributed by atoms with Crippen molar-refractivity contribution < 1.29 is 14.3 Å². The predicted molar refractivity (Wildman–Crippen MR) is 79.7 cm³/mol. The molecule has 0 atom stereocenters. The van der Waals surface area contributed by atoms with Crippen molar-refractivity contribution in [1.82, 2.24) is 10.2 Å². The maximum atomic E-state index is 12.0. The zero-order valence-electron chi connectivity index (χ0n) is 12.4. The van der Waals surface area contributed by atoms with Crippen LogP contribution in [0.15, 0.2) is 30.3 Å². The fourth-order valence-corrected chi connectivity index (χ4v) is 2.54. The summed E-state index contributed by atoms with van der Waals surface area (Å²) in [4.78, 5) is 25.3. The van der Waals surface area contributed by atoms with Crippen LogP contribution in [0, 0.1) is 0 Å². The highest BCUT2D eigenvalue weighted by Crippen LogP contribution is 2.22. The lowest BCUT2D eigenvalue weighted by Crippen LogP contribution is -2.42. The number of rotatable bonds is 5. The summed E-state index contributed by atoms with van der Waals surface area (Å²) >= 11 is 0. The van der Waals surface area contributed by atoms with Crippen molar-refractivity contribution in [3.8, 4) is 0 Å². The Labute approximate surface area is 125 Å². The van der Waals surface area contributed by atoms with Crippen molar-refractivity contribution in [1.29, 1.82) is 0 Å². The number of hydrogen-bond acceptors (Lipinski definition) is 3. The van der Waals surface area contributed by atoms with E-state index >= 15 is 0 Å². The van der Waals surface area contributed by atoms with Gasteiger partial charge in [0.1, 0.15) is 13.2 Å². The number of likely N-dealkylation sites (N-methyl/N-ethyl adjacent to an activating group) is 1. The van der Waals surface area contributed by atoms with Gasteiger partial charge in [-0.05, 0) is 18.4 Å². The first-order chi connectivity index (χ1) is 10.2. The Morgan fingerprint density at radius 2 is 1.90 bits per heavy atom. The number of benzene rings is 1. The fraction of sp³-hybridized carbons (Fsp3) is 0.500. The van der Waals surface area contributed by atoms with Crippen LogP contribution in [0.5, 0.6) is 0 Å². The number of ether oxygens (including phenoxy) is 1. The fourth-order valence-electron chi connectivity index (χ4n) is 2.54. The van der Waals surface area contributed by atoms with Gasteiger partial charge in [-0.2, -0.15) is 0 Å². The van der Waals surface area contributed by atoms with Crippen molar-refractivity contribution in [3.05, 3.63) is 35.9 Å². The van der Waals surface area contributed by atoms with Gasteiger partial charge in [-0.25, -0.2) is 4.79 Å². The summed E-state index contributed by atoms with van der Waals surface area (Å²) < 4.78 is 5.06. The molecule has 1 fully saturated rings. The minimum absolute atomic E-state index is 0.0133. The maximum Gasteiger partial charge on any atom is 0.407 e. The first-order valence-corrected chi connectivity index (χ1v) is 7.37. The van der Waals surface area contributed by atoms with Crippen molar-refractivity contribution >= 4 is 12.0 Å². The van der Waals surface area contributed by atoms with E-state index in [1.807, 2.05) is 30.3 Å². The Hall–Kier alpha value is -2.04. The summed E-state index contributed by atoms with van der Waals surface area (Å²) in [6.45, 7) is 0.194. The summed E-state index contributed by atoms with van der Waals surface area (Å²) in [7, 11) is 1.80. The van der Waals surface area contributed by atoms with Crippen LogP contribution in [0.2, 0.25) is 0 Å². The summed E-state index contributed by atoms with van der Waals surface area (Å²) in [6.07, 6.45) is 3.90. The predicted octanol–water partition coefficient (Wildman–Crippen LogP) is 2.31. The topological polar surface area (TPSA) is 58.6 Å². The van der Waals surface area contributed by atoms with Crippen molar-refractivity contribution in [2.45, 2.75) is 38.3 Å². The van der Waals surface area contributed by atoms with E-state index in [9.17, 15) is 9.59 Å². The van der Waals surface area contributed by atoms with E-state index in [2.05, 4.69) is 5.32 Å². The summed E-state index contributed by atoms with van der Waals surface area (Å²) in [6, 6.07) is 9.76. The van der Waals surface area contributed by atoms with Gasteiger partial charge in [0.2, 0.25) is 5.91 Å². The van der Waals surface area contributed by atoms with Gasteiger partial charge < -0.3 is 15.0 Å². The minimum atomic E-state index is -0.563. The number of amides is 2. The highest BCUT2D eigenvalue weighted by molar-refractivity contribution is 5.82. The zero-order chi connectivity index (χ0) is 15.1. The van der Waals surface area contributed by atoms with E-state index in [0.717, 1.165) is 18.4 Å². The number of nitrogens with one attached hydrogen (secondary N) is 1. The molecule has 1 aliphatic rings. The van der Waals surface area contributed by atoms with Gasteiger partial charge in [0.05, 0.1) is 0 Å². The molecule has 114 valence electrons. The lowest BCUT2D eigenvalue weighted by atomic mass is 10.2. The molecule has 5 heteroatoms. The van der Waals surface area contributed by atoms with E-state index in [4.69, 9.17) is 4.74 Å². The third-order valence-corrected chi connectivity index (χ3v) is 3.86. The third kappa shape index (κ3) is 4.77. The molecule has 1 aromatic rings. The molecule has 1 N–H and O–H groups in total. The number of carbonyl (C=O) groups is 2. The molecule has 0 unspecified atom stereocenters. The smallest absolute Gasteiger partial charge is 0.407 e. The molecule has 1 aromatic carbocycles. The van der Waals surface area contributed by atoms with Crippen LogP contribution in [0.25, 0.3) is 0 Å². The van der Waals surface area contributed by atoms with E-state index in [1.165, 1.54) is 12.8 Å². The summed E-state index contributed by atoms with van der Waals surface area (Å²) in [5.74, 6) is -0.0708. The quantitative estimate of drug-likeness (QED) is 0.905. The van der Waals surface area contributed by atoms with Crippen LogP contribution >= 0.6 is 0 Å². The highest BCUT2D eigenvalue weighted by atomic mass is 16.5. The molecular weight excluding hydrogens is 268 g/mol. The summed E-state index contributed by atoms with van der Waals surface area (Å²) in [5.41, 5.74) is 0.919. The van der Waals surface area contributed by atoms with Gasteiger partial charge >= 0.3 is 6.09 Å². The average molecular weight is 290 g/mol. The van der Waals surface area contributed by atoms with E-state index in [0.29, 0.717) is 6.04 Å². The molecule has 0 aliphatic heterocycles. The first-order valence-electron chi connectivity index (χ1n) is 7.37. The number of nitrogens with zero attached hydrogens (tertiary/aromatic N) is 1. The molecule has 0 spiro atoms. The van der Waals surface area contributed by atoms with Gasteiger partial charge in [-0.15, -0.1) is 0 Å². The van der Waals surface area contributed by atoms with Gasteiger partial charge in [0.15, 0.2) is 0 Å². The second-order valence-corrected chi connectivity index (χ2v) is 5.36. The largest absolute Gasteiger partial charge is 0.445 e. The van der Waals surface area contributed by atoms with Crippen LogP contribution in [-0.2, 0) is 16.1 Å². The normalized spacial score (nSPS) is 14.7. The van der Waals surface area contributed by atoms with Crippen LogP contribution in [0.1, 0.15) is 31.2 Å². The SMILES string of the molecule is CN(C(=O)CNC(=O)OCc1ccccc1)C1CCCC1. The van der Waals surface area contributed by atoms with Crippen LogP contribution < -0.4 is 5.32 Å². The molecule has 1 saturated carbocycles. The van der Waals surface area contributed by atoms with E-state index in [1.54, 1.807) is 11.9 Å². The number of hydrogen-bond donors (Lipinski definition) is 1. The minimum Gasteiger partial charge on any atom is -0.445 e. The standard InChI is InChI=1S/C16H22N2O3/c1-18(14-9-5-6-10-14)15(19)11-17-16(20)21-12-13-7-3-2-4-8-13/h2-4,7-8,14H,5-6,9-12H2,1H3,(H,17,20). The second kappa shape index (κ2) is 7.67. The Morgan fingerprint density at radius 3 is 2.57 bits per heavy atom. The molecule has 0 heterocycles. The maximum absolute atomic E-state index is 12.0. The van der Waals surface area contributed by atoms with Crippen LogP contribution in [0.3, 0.4) is 0 Å². The van der Waals surface area contributed by atoms with Gasteiger partial charge in [-0.1, -0.05) is 43.2 Å². The Morgan fingerprint density at radius 1 is 1.24 bits per heavy atom. The lowest BCUT2D eigenvalue weighted by molar-refractivity contribution is -0.130. The summed E-state index contributed by atoms with van der Waals surface area (Å²) in [5, 5.41) is 2.50. The van der Waals surface area contributed by atoms with Gasteiger partial charge in [-0.3, -0.25) is 4.79 Å². The molecule has 5 nitrogen and oxygen atoms in total. The molecule has 2 rings (SSSR count). The van der Waals surface area contributed by atoms with E-state index in [-0.39, 0.29) is 19.1 Å². The highest BCUT2D eigenvalue weighted by Gasteiger charge is 2.23. The average Bonchev–Trinajstić information content (AvgIpc) is 3.05. The van der Waals surface area contributed by atoms with E-state index < -0.39 is 6.09 Å². The first kappa shape index (κ1) is 15.4. The monoisotopic (exact) mass is 290 g/mol. The Balaban J connectivity index is 1.67. The molecule has 0 radical (unpaired) electrons. The van der Waals surface area contributed by atoms with Gasteiger partial charge in [0.25, 0.3) is 0 Å². The Bertz CT molecular complexity index is 470. The Kier molecular flexibility index (Phi) is 5.60. The molecule has 1 aliphatic carbocycles.